The van der Waals surface area contributed by atoms with E-state index in [0.717, 1.165) is 25.1 Å². The van der Waals surface area contributed by atoms with Crippen LogP contribution in [0.15, 0.2) is 24.3 Å². The number of amides is 2. The van der Waals surface area contributed by atoms with Gasteiger partial charge in [-0.15, -0.1) is 12.4 Å². The van der Waals surface area contributed by atoms with Gasteiger partial charge in [-0.2, -0.15) is 0 Å². The summed E-state index contributed by atoms with van der Waals surface area (Å²) in [4.78, 5) is 26.5. The van der Waals surface area contributed by atoms with Crippen LogP contribution in [0, 0.1) is 12.8 Å². The molecule has 2 N–H and O–H groups in total. The van der Waals surface area contributed by atoms with Gasteiger partial charge in [-0.25, -0.2) is 0 Å². The molecule has 138 valence electrons. The molecular weight excluding hydrogens is 338 g/mol. The highest BCUT2D eigenvalue weighted by Crippen LogP contribution is 2.22. The molecule has 2 aliphatic heterocycles. The van der Waals surface area contributed by atoms with E-state index in [1.807, 2.05) is 31.2 Å². The fourth-order valence-corrected chi connectivity index (χ4v) is 3.56. The molecule has 2 aliphatic rings. The van der Waals surface area contributed by atoms with Crippen molar-refractivity contribution in [3.05, 3.63) is 35.4 Å². The van der Waals surface area contributed by atoms with Crippen molar-refractivity contribution in [2.45, 2.75) is 45.2 Å². The second kappa shape index (κ2) is 9.20. The van der Waals surface area contributed by atoms with Crippen molar-refractivity contribution in [1.82, 2.24) is 15.5 Å². The topological polar surface area (TPSA) is 61.4 Å². The SMILES string of the molecule is Cc1ccc(CN2C(=O)CCC2C(=O)NCC2CCCNC2)cc1.Cl. The number of carbonyl (C=O) groups excluding carboxylic acids is 2. The molecule has 2 atom stereocenters. The number of hydrogen-bond donors (Lipinski definition) is 2. The number of nitrogens with one attached hydrogen (secondary N) is 2. The van der Waals surface area contributed by atoms with Crippen molar-refractivity contribution >= 4 is 24.2 Å². The Morgan fingerprint density at radius 3 is 2.72 bits per heavy atom. The fraction of sp³-hybridized carbons (Fsp3) is 0.579. The summed E-state index contributed by atoms with van der Waals surface area (Å²) >= 11 is 0. The molecule has 2 unspecified atom stereocenters. The average molecular weight is 366 g/mol. The summed E-state index contributed by atoms with van der Waals surface area (Å²) < 4.78 is 0. The molecule has 1 aromatic carbocycles. The summed E-state index contributed by atoms with van der Waals surface area (Å²) in [6.07, 6.45) is 3.42. The number of rotatable bonds is 5. The highest BCUT2D eigenvalue weighted by molar-refractivity contribution is 5.90. The third-order valence-corrected chi connectivity index (χ3v) is 5.07. The van der Waals surface area contributed by atoms with Crippen molar-refractivity contribution < 1.29 is 9.59 Å². The predicted molar refractivity (Wildman–Crippen MR) is 101 cm³/mol. The summed E-state index contributed by atoms with van der Waals surface area (Å²) in [6.45, 7) is 5.31. The van der Waals surface area contributed by atoms with Crippen LogP contribution < -0.4 is 10.6 Å². The third kappa shape index (κ3) is 5.19. The number of aryl methyl sites for hydroxylation is 1. The van der Waals surface area contributed by atoms with Gasteiger partial charge in [0.1, 0.15) is 6.04 Å². The van der Waals surface area contributed by atoms with E-state index in [1.165, 1.54) is 12.0 Å². The van der Waals surface area contributed by atoms with Crippen LogP contribution in [0.25, 0.3) is 0 Å². The van der Waals surface area contributed by atoms with Crippen LogP contribution in [0.4, 0.5) is 0 Å². The zero-order valence-corrected chi connectivity index (χ0v) is 15.6. The number of likely N-dealkylation sites (tertiary alicyclic amines) is 1. The quantitative estimate of drug-likeness (QED) is 0.839. The Hall–Kier alpha value is -1.59. The van der Waals surface area contributed by atoms with Crippen molar-refractivity contribution in [2.24, 2.45) is 5.92 Å². The number of piperidine rings is 1. The standard InChI is InChI=1S/C19H27N3O2.ClH/c1-14-4-6-15(7-5-14)13-22-17(8-9-18(22)23)19(24)21-12-16-3-2-10-20-11-16;/h4-7,16-17,20H,2-3,8-13H2,1H3,(H,21,24);1H. The first-order valence-electron chi connectivity index (χ1n) is 8.97. The Morgan fingerprint density at radius 2 is 2.04 bits per heavy atom. The van der Waals surface area contributed by atoms with Crippen LogP contribution in [0.2, 0.25) is 0 Å². The maximum Gasteiger partial charge on any atom is 0.242 e. The zero-order chi connectivity index (χ0) is 16.9. The Morgan fingerprint density at radius 1 is 1.28 bits per heavy atom. The lowest BCUT2D eigenvalue weighted by atomic mass is 9.99. The first kappa shape index (κ1) is 19.7. The Bertz CT molecular complexity index is 585. The second-order valence-corrected chi connectivity index (χ2v) is 7.02. The third-order valence-electron chi connectivity index (χ3n) is 5.07. The molecule has 5 nitrogen and oxygen atoms in total. The minimum absolute atomic E-state index is 0. The number of halogens is 1. The van der Waals surface area contributed by atoms with Gasteiger partial charge < -0.3 is 15.5 Å². The van der Waals surface area contributed by atoms with E-state index in [-0.39, 0.29) is 30.3 Å². The predicted octanol–water partition coefficient (Wildman–Crippen LogP) is 2.02. The molecule has 0 aromatic heterocycles. The lowest BCUT2D eigenvalue weighted by Crippen LogP contribution is -2.46. The summed E-state index contributed by atoms with van der Waals surface area (Å²) in [6, 6.07) is 7.82. The maximum absolute atomic E-state index is 12.6. The molecule has 25 heavy (non-hydrogen) atoms. The van der Waals surface area contributed by atoms with E-state index in [4.69, 9.17) is 0 Å². The van der Waals surface area contributed by atoms with Crippen LogP contribution in [-0.2, 0) is 16.1 Å². The van der Waals surface area contributed by atoms with Crippen molar-refractivity contribution in [3.63, 3.8) is 0 Å². The minimum Gasteiger partial charge on any atom is -0.354 e. The molecule has 0 aliphatic carbocycles. The average Bonchev–Trinajstić information content (AvgIpc) is 2.96. The molecule has 0 saturated carbocycles. The zero-order valence-electron chi connectivity index (χ0n) is 14.8. The number of nitrogens with zero attached hydrogens (tertiary/aromatic N) is 1. The van der Waals surface area contributed by atoms with Gasteiger partial charge in [-0.05, 0) is 50.8 Å². The van der Waals surface area contributed by atoms with Gasteiger partial charge in [0.2, 0.25) is 11.8 Å². The first-order chi connectivity index (χ1) is 11.6. The van der Waals surface area contributed by atoms with E-state index in [0.29, 0.717) is 31.8 Å². The highest BCUT2D eigenvalue weighted by Gasteiger charge is 2.36. The highest BCUT2D eigenvalue weighted by atomic mass is 35.5. The normalized spacial score (nSPS) is 23.2. The van der Waals surface area contributed by atoms with Crippen LogP contribution in [0.5, 0.6) is 0 Å². The summed E-state index contributed by atoms with van der Waals surface area (Å²) in [5.41, 5.74) is 2.27. The van der Waals surface area contributed by atoms with Crippen molar-refractivity contribution in [1.29, 1.82) is 0 Å². The summed E-state index contributed by atoms with van der Waals surface area (Å²) in [5.74, 6) is 0.582. The summed E-state index contributed by atoms with van der Waals surface area (Å²) in [7, 11) is 0. The van der Waals surface area contributed by atoms with E-state index in [1.54, 1.807) is 4.90 Å². The van der Waals surface area contributed by atoms with Crippen LogP contribution >= 0.6 is 12.4 Å². The van der Waals surface area contributed by atoms with Gasteiger partial charge >= 0.3 is 0 Å². The number of carbonyl (C=O) groups is 2. The van der Waals surface area contributed by atoms with Crippen molar-refractivity contribution in [3.8, 4) is 0 Å². The molecule has 2 heterocycles. The van der Waals surface area contributed by atoms with E-state index in [2.05, 4.69) is 10.6 Å². The summed E-state index contributed by atoms with van der Waals surface area (Å²) in [5, 5.41) is 6.43. The maximum atomic E-state index is 12.6. The van der Waals surface area contributed by atoms with E-state index < -0.39 is 0 Å². The van der Waals surface area contributed by atoms with Gasteiger partial charge in [0.25, 0.3) is 0 Å². The molecule has 0 spiro atoms. The molecular formula is C19H28ClN3O2. The van der Waals surface area contributed by atoms with Crippen LogP contribution in [0.3, 0.4) is 0 Å². The van der Waals surface area contributed by atoms with Gasteiger partial charge in [0.05, 0.1) is 0 Å². The minimum atomic E-state index is -0.324. The fourth-order valence-electron chi connectivity index (χ4n) is 3.56. The first-order valence-corrected chi connectivity index (χ1v) is 8.97. The number of benzene rings is 1. The smallest absolute Gasteiger partial charge is 0.242 e. The monoisotopic (exact) mass is 365 g/mol. The van der Waals surface area contributed by atoms with Gasteiger partial charge in [-0.3, -0.25) is 9.59 Å². The molecule has 0 bridgehead atoms. The number of hydrogen-bond acceptors (Lipinski definition) is 3. The largest absolute Gasteiger partial charge is 0.354 e. The molecule has 0 radical (unpaired) electrons. The van der Waals surface area contributed by atoms with E-state index in [9.17, 15) is 9.59 Å². The molecule has 2 saturated heterocycles. The Balaban J connectivity index is 0.00000225. The Kier molecular flexibility index (Phi) is 7.26. The van der Waals surface area contributed by atoms with E-state index >= 15 is 0 Å². The van der Waals surface area contributed by atoms with Gasteiger partial charge in [0, 0.05) is 19.5 Å². The van der Waals surface area contributed by atoms with Gasteiger partial charge in [-0.1, -0.05) is 29.8 Å². The lowest BCUT2D eigenvalue weighted by Gasteiger charge is -2.27. The molecule has 3 rings (SSSR count). The van der Waals surface area contributed by atoms with Crippen LogP contribution in [0.1, 0.15) is 36.8 Å². The lowest BCUT2D eigenvalue weighted by molar-refractivity contribution is -0.135. The molecule has 6 heteroatoms. The second-order valence-electron chi connectivity index (χ2n) is 7.02. The molecule has 2 amide bonds. The van der Waals surface area contributed by atoms with Crippen molar-refractivity contribution in [2.75, 3.05) is 19.6 Å². The van der Waals surface area contributed by atoms with Crippen LogP contribution in [-0.4, -0.2) is 42.4 Å². The molecule has 2 fully saturated rings. The Labute approximate surface area is 155 Å². The molecule has 1 aromatic rings. The van der Waals surface area contributed by atoms with Gasteiger partial charge in [0.15, 0.2) is 0 Å².